The highest BCUT2D eigenvalue weighted by atomic mass is 35.5. The Bertz CT molecular complexity index is 1730. The quantitative estimate of drug-likeness (QED) is 0.387. The van der Waals surface area contributed by atoms with Gasteiger partial charge in [-0.1, -0.05) is 23.7 Å². The number of fused-ring (bicyclic) bond motifs is 2. The molecular formula is C31H29ClN6O3. The Balaban J connectivity index is 1.37. The largest absolute Gasteiger partial charge is 0.346 e. The summed E-state index contributed by atoms with van der Waals surface area (Å²) in [5.41, 5.74) is 6.72. The molecule has 2 aliphatic heterocycles. The van der Waals surface area contributed by atoms with Gasteiger partial charge in [0, 0.05) is 60.4 Å². The number of carbonyl (C=O) groups excluding carboxylic acids is 3. The molecule has 1 N–H and O–H groups in total. The number of hydrogen-bond acceptors (Lipinski definition) is 5. The fraction of sp³-hybridized carbons (Fsp3) is 0.258. The maximum Gasteiger partial charge on any atom is 0.277 e. The van der Waals surface area contributed by atoms with Crippen LogP contribution in [0.5, 0.6) is 0 Å². The lowest BCUT2D eigenvalue weighted by atomic mass is 9.97. The van der Waals surface area contributed by atoms with Gasteiger partial charge in [0.2, 0.25) is 0 Å². The van der Waals surface area contributed by atoms with E-state index in [0.717, 1.165) is 28.8 Å². The minimum atomic E-state index is -0.370. The summed E-state index contributed by atoms with van der Waals surface area (Å²) in [7, 11) is 1.78. The minimum absolute atomic E-state index is 0.0554. The topological polar surface area (TPSA) is 100 Å². The average Bonchev–Trinajstić information content (AvgIpc) is 3.35. The Hall–Kier alpha value is -4.50. The highest BCUT2D eigenvalue weighted by molar-refractivity contribution is 6.30. The summed E-state index contributed by atoms with van der Waals surface area (Å²) in [4.78, 5) is 48.1. The molecule has 6 rings (SSSR count). The van der Waals surface area contributed by atoms with Gasteiger partial charge in [-0.15, -0.1) is 0 Å². The first-order valence-electron chi connectivity index (χ1n) is 13.5. The third-order valence-electron chi connectivity index (χ3n) is 7.78. The Morgan fingerprint density at radius 2 is 1.83 bits per heavy atom. The lowest BCUT2D eigenvalue weighted by Gasteiger charge is -2.30. The molecule has 0 spiro atoms. The van der Waals surface area contributed by atoms with Gasteiger partial charge in [0.05, 0.1) is 5.69 Å². The van der Waals surface area contributed by atoms with Crippen LogP contribution in [-0.2, 0) is 19.4 Å². The van der Waals surface area contributed by atoms with Crippen LogP contribution in [0.15, 0.2) is 54.7 Å². The fourth-order valence-electron chi connectivity index (χ4n) is 5.50. The zero-order valence-electron chi connectivity index (χ0n) is 23.1. The van der Waals surface area contributed by atoms with Crippen LogP contribution < -0.4 is 10.2 Å². The lowest BCUT2D eigenvalue weighted by molar-refractivity contribution is 0.0780. The SMILES string of the molecule is Cc1cc(C)c(CNC(=O)c2nn(-c3cccc(Cl)c3)c3c2CCN(c2ccc4c(c2)C(=O)N(C)CC4)C3=O)cn1. The van der Waals surface area contributed by atoms with Crippen molar-refractivity contribution in [3.8, 4) is 5.69 Å². The van der Waals surface area contributed by atoms with Crippen molar-refractivity contribution >= 4 is 35.0 Å². The summed E-state index contributed by atoms with van der Waals surface area (Å²) >= 11 is 6.29. The van der Waals surface area contributed by atoms with E-state index < -0.39 is 0 Å². The van der Waals surface area contributed by atoms with Crippen LogP contribution in [0.25, 0.3) is 5.69 Å². The molecular weight excluding hydrogens is 540 g/mol. The molecule has 0 atom stereocenters. The second-order valence-corrected chi connectivity index (χ2v) is 11.0. The number of nitrogens with zero attached hydrogens (tertiary/aromatic N) is 5. The van der Waals surface area contributed by atoms with Crippen molar-refractivity contribution in [3.05, 3.63) is 105 Å². The first-order chi connectivity index (χ1) is 19.7. The molecule has 4 aromatic rings. The van der Waals surface area contributed by atoms with Gasteiger partial charge in [-0.2, -0.15) is 5.10 Å². The van der Waals surface area contributed by atoms with E-state index in [1.54, 1.807) is 53.4 Å². The number of pyridine rings is 1. The van der Waals surface area contributed by atoms with Crippen molar-refractivity contribution in [1.82, 2.24) is 25.0 Å². The van der Waals surface area contributed by atoms with Crippen LogP contribution in [0.3, 0.4) is 0 Å². The lowest BCUT2D eigenvalue weighted by Crippen LogP contribution is -2.40. The van der Waals surface area contributed by atoms with Gasteiger partial charge in [0.1, 0.15) is 5.69 Å². The van der Waals surface area contributed by atoms with Gasteiger partial charge < -0.3 is 15.1 Å². The molecule has 208 valence electrons. The molecule has 2 aromatic heterocycles. The molecule has 10 heteroatoms. The zero-order valence-corrected chi connectivity index (χ0v) is 23.8. The van der Waals surface area contributed by atoms with E-state index in [0.29, 0.717) is 52.7 Å². The number of hydrogen-bond donors (Lipinski definition) is 1. The zero-order chi connectivity index (χ0) is 28.8. The number of anilines is 1. The predicted octanol–water partition coefficient (Wildman–Crippen LogP) is 4.30. The molecule has 4 heterocycles. The number of aryl methyl sites for hydroxylation is 2. The van der Waals surface area contributed by atoms with Crippen molar-refractivity contribution < 1.29 is 14.4 Å². The molecule has 9 nitrogen and oxygen atoms in total. The molecule has 0 saturated carbocycles. The average molecular weight is 569 g/mol. The maximum atomic E-state index is 14.1. The van der Waals surface area contributed by atoms with E-state index in [4.69, 9.17) is 11.6 Å². The van der Waals surface area contributed by atoms with Gasteiger partial charge in [0.15, 0.2) is 5.69 Å². The highest BCUT2D eigenvalue weighted by Crippen LogP contribution is 2.31. The number of aromatic nitrogens is 3. The normalized spacial score (nSPS) is 14.6. The molecule has 0 aliphatic carbocycles. The predicted molar refractivity (Wildman–Crippen MR) is 156 cm³/mol. The number of likely N-dealkylation sites (N-methyl/N-ethyl adjacent to an activating group) is 1. The summed E-state index contributed by atoms with van der Waals surface area (Å²) in [6.45, 7) is 5.20. The second-order valence-electron chi connectivity index (χ2n) is 10.5. The maximum absolute atomic E-state index is 14.1. The molecule has 41 heavy (non-hydrogen) atoms. The summed E-state index contributed by atoms with van der Waals surface area (Å²) in [5.74, 6) is -0.723. The van der Waals surface area contributed by atoms with E-state index in [-0.39, 0.29) is 30.0 Å². The number of halogens is 1. The van der Waals surface area contributed by atoms with Crippen LogP contribution >= 0.6 is 11.6 Å². The van der Waals surface area contributed by atoms with Gasteiger partial charge in [-0.3, -0.25) is 19.4 Å². The molecule has 2 aromatic carbocycles. The molecule has 0 saturated heterocycles. The molecule has 0 bridgehead atoms. The number of carbonyl (C=O) groups is 3. The van der Waals surface area contributed by atoms with Crippen molar-refractivity contribution in [2.24, 2.45) is 0 Å². The van der Waals surface area contributed by atoms with Gasteiger partial charge >= 0.3 is 0 Å². The van der Waals surface area contributed by atoms with E-state index in [1.807, 2.05) is 32.0 Å². The smallest absolute Gasteiger partial charge is 0.277 e. The van der Waals surface area contributed by atoms with Gasteiger partial charge in [-0.25, -0.2) is 4.68 Å². The standard InChI is InChI=1S/C31H29ClN6O3/c1-18-13-19(2)33-16-21(18)17-34-29(39)27-25-10-12-37(23-8-7-20-9-11-36(3)30(40)26(20)15-23)31(41)28(25)38(35-27)24-6-4-5-22(32)14-24/h4-8,13-16H,9-12,17H2,1-3H3,(H,34,39). The highest BCUT2D eigenvalue weighted by Gasteiger charge is 2.36. The van der Waals surface area contributed by atoms with E-state index in [9.17, 15) is 14.4 Å². The monoisotopic (exact) mass is 568 g/mol. The minimum Gasteiger partial charge on any atom is -0.346 e. The second kappa shape index (κ2) is 10.5. The van der Waals surface area contributed by atoms with E-state index in [1.165, 1.54) is 4.68 Å². The third-order valence-corrected chi connectivity index (χ3v) is 8.01. The molecule has 2 aliphatic rings. The fourth-order valence-corrected chi connectivity index (χ4v) is 5.68. The number of amides is 3. The Morgan fingerprint density at radius 1 is 1.00 bits per heavy atom. The number of nitrogens with one attached hydrogen (secondary N) is 1. The molecule has 3 amide bonds. The Kier molecular flexibility index (Phi) is 6.83. The van der Waals surface area contributed by atoms with Crippen LogP contribution in [0, 0.1) is 13.8 Å². The van der Waals surface area contributed by atoms with Crippen molar-refractivity contribution in [3.63, 3.8) is 0 Å². The first-order valence-corrected chi connectivity index (χ1v) is 13.9. The molecule has 0 radical (unpaired) electrons. The van der Waals surface area contributed by atoms with Gasteiger partial charge in [-0.05, 0) is 79.8 Å². The van der Waals surface area contributed by atoms with Crippen LogP contribution in [0.1, 0.15) is 59.3 Å². The summed E-state index contributed by atoms with van der Waals surface area (Å²) in [6, 6.07) is 14.6. The first kappa shape index (κ1) is 26.7. The summed E-state index contributed by atoms with van der Waals surface area (Å²) < 4.78 is 1.50. The van der Waals surface area contributed by atoms with Crippen LogP contribution in [-0.4, -0.2) is 57.5 Å². The van der Waals surface area contributed by atoms with Crippen LogP contribution in [0.2, 0.25) is 5.02 Å². The van der Waals surface area contributed by atoms with Crippen molar-refractivity contribution in [2.45, 2.75) is 33.2 Å². The Morgan fingerprint density at radius 3 is 2.61 bits per heavy atom. The van der Waals surface area contributed by atoms with Crippen LogP contribution in [0.4, 0.5) is 5.69 Å². The van der Waals surface area contributed by atoms with Gasteiger partial charge in [0.25, 0.3) is 17.7 Å². The number of benzene rings is 2. The van der Waals surface area contributed by atoms with E-state index in [2.05, 4.69) is 15.4 Å². The Labute approximate surface area is 242 Å². The molecule has 0 fully saturated rings. The van der Waals surface area contributed by atoms with Crippen molar-refractivity contribution in [1.29, 1.82) is 0 Å². The van der Waals surface area contributed by atoms with Crippen molar-refractivity contribution in [2.75, 3.05) is 25.0 Å². The molecule has 0 unspecified atom stereocenters. The summed E-state index contributed by atoms with van der Waals surface area (Å²) in [6.07, 6.45) is 2.95. The summed E-state index contributed by atoms with van der Waals surface area (Å²) in [5, 5.41) is 8.08. The number of rotatable bonds is 5. The van der Waals surface area contributed by atoms with E-state index >= 15 is 0 Å². The third kappa shape index (κ3) is 4.86.